The van der Waals surface area contributed by atoms with E-state index < -0.39 is 6.10 Å². The van der Waals surface area contributed by atoms with Crippen molar-refractivity contribution >= 4 is 17.6 Å². The fraction of sp³-hybridized carbons (Fsp3) is 0.556. The summed E-state index contributed by atoms with van der Waals surface area (Å²) in [5.41, 5.74) is 0.865. The van der Waals surface area contributed by atoms with Crippen molar-refractivity contribution in [2.45, 2.75) is 11.9 Å². The third-order valence-electron chi connectivity index (χ3n) is 1.73. The summed E-state index contributed by atoms with van der Waals surface area (Å²) in [6.07, 6.45) is 2.71. The molecule has 15 heavy (non-hydrogen) atoms. The SMILES string of the molecule is CNc1cnc(CSCC(O)CO)cn1. The number of hydrogen-bond acceptors (Lipinski definition) is 6. The Labute approximate surface area is 93.0 Å². The van der Waals surface area contributed by atoms with E-state index in [0.29, 0.717) is 11.5 Å². The number of aromatic nitrogens is 2. The van der Waals surface area contributed by atoms with Crippen molar-refractivity contribution < 1.29 is 10.2 Å². The summed E-state index contributed by atoms with van der Waals surface area (Å²) in [7, 11) is 1.79. The third-order valence-corrected chi connectivity index (χ3v) is 2.85. The smallest absolute Gasteiger partial charge is 0.144 e. The molecule has 84 valence electrons. The van der Waals surface area contributed by atoms with Crippen molar-refractivity contribution in [3.05, 3.63) is 18.1 Å². The van der Waals surface area contributed by atoms with Crippen LogP contribution in [0.3, 0.4) is 0 Å². The Hall–Kier alpha value is -0.850. The van der Waals surface area contributed by atoms with E-state index in [-0.39, 0.29) is 6.61 Å². The molecule has 1 aromatic heterocycles. The molecule has 1 rings (SSSR count). The first-order valence-electron chi connectivity index (χ1n) is 4.61. The fourth-order valence-electron chi connectivity index (χ4n) is 0.911. The van der Waals surface area contributed by atoms with Gasteiger partial charge in [-0.05, 0) is 0 Å². The van der Waals surface area contributed by atoms with Gasteiger partial charge in [-0.25, -0.2) is 4.98 Å². The van der Waals surface area contributed by atoms with Gasteiger partial charge in [0, 0.05) is 18.6 Å². The zero-order valence-electron chi connectivity index (χ0n) is 8.55. The average Bonchev–Trinajstić information content (AvgIpc) is 2.29. The first-order valence-corrected chi connectivity index (χ1v) is 5.77. The van der Waals surface area contributed by atoms with Gasteiger partial charge in [-0.3, -0.25) is 4.98 Å². The van der Waals surface area contributed by atoms with Gasteiger partial charge in [0.15, 0.2) is 0 Å². The number of rotatable bonds is 6. The molecule has 5 nitrogen and oxygen atoms in total. The summed E-state index contributed by atoms with van der Waals surface area (Å²) in [5, 5.41) is 20.6. The van der Waals surface area contributed by atoms with Crippen LogP contribution in [-0.2, 0) is 5.75 Å². The highest BCUT2D eigenvalue weighted by molar-refractivity contribution is 7.98. The molecule has 0 amide bonds. The lowest BCUT2D eigenvalue weighted by Gasteiger charge is -2.06. The first-order chi connectivity index (χ1) is 7.26. The normalized spacial score (nSPS) is 12.5. The van der Waals surface area contributed by atoms with Crippen LogP contribution in [0.25, 0.3) is 0 Å². The minimum Gasteiger partial charge on any atom is -0.394 e. The van der Waals surface area contributed by atoms with Crippen molar-refractivity contribution in [1.29, 1.82) is 0 Å². The monoisotopic (exact) mass is 229 g/mol. The summed E-state index contributed by atoms with van der Waals surface area (Å²) in [6, 6.07) is 0. The Morgan fingerprint density at radius 1 is 1.47 bits per heavy atom. The van der Waals surface area contributed by atoms with Crippen LogP contribution in [0.15, 0.2) is 12.4 Å². The van der Waals surface area contributed by atoms with Crippen LogP contribution in [0.2, 0.25) is 0 Å². The van der Waals surface area contributed by atoms with Gasteiger partial charge in [-0.15, -0.1) is 0 Å². The maximum atomic E-state index is 9.10. The number of nitrogens with one attached hydrogen (secondary N) is 1. The van der Waals surface area contributed by atoms with Gasteiger partial charge in [0.05, 0.1) is 30.8 Å². The predicted molar refractivity (Wildman–Crippen MR) is 60.8 cm³/mol. The topological polar surface area (TPSA) is 78.3 Å². The lowest BCUT2D eigenvalue weighted by Crippen LogP contribution is -2.14. The van der Waals surface area contributed by atoms with Crippen LogP contribution in [0.5, 0.6) is 0 Å². The predicted octanol–water partition coefficient (Wildman–Crippen LogP) is 0.105. The van der Waals surface area contributed by atoms with E-state index in [1.807, 2.05) is 0 Å². The second-order valence-corrected chi connectivity index (χ2v) is 4.02. The summed E-state index contributed by atoms with van der Waals surface area (Å²) >= 11 is 1.52. The number of anilines is 1. The van der Waals surface area contributed by atoms with Crippen LogP contribution in [0, 0.1) is 0 Å². The molecule has 1 aromatic rings. The first kappa shape index (κ1) is 12.2. The summed E-state index contributed by atoms with van der Waals surface area (Å²) in [4.78, 5) is 8.30. The zero-order valence-corrected chi connectivity index (χ0v) is 9.37. The molecule has 0 fully saturated rings. The van der Waals surface area contributed by atoms with Crippen LogP contribution in [-0.4, -0.2) is 45.7 Å². The summed E-state index contributed by atoms with van der Waals surface area (Å²) in [5.74, 6) is 1.93. The van der Waals surface area contributed by atoms with E-state index in [0.717, 1.165) is 11.5 Å². The standard InChI is InChI=1S/C9H15N3O2S/c1-10-9-3-11-7(2-12-9)5-15-6-8(14)4-13/h2-3,8,13-14H,4-6H2,1H3,(H,10,12). The maximum absolute atomic E-state index is 9.10. The van der Waals surface area contributed by atoms with Gasteiger partial charge in [0.1, 0.15) is 5.82 Å². The minimum absolute atomic E-state index is 0.197. The van der Waals surface area contributed by atoms with Gasteiger partial charge >= 0.3 is 0 Å². The zero-order chi connectivity index (χ0) is 11.1. The highest BCUT2D eigenvalue weighted by Crippen LogP contribution is 2.11. The Morgan fingerprint density at radius 3 is 2.80 bits per heavy atom. The van der Waals surface area contributed by atoms with Crippen LogP contribution >= 0.6 is 11.8 Å². The number of hydrogen-bond donors (Lipinski definition) is 3. The molecule has 1 atom stereocenters. The molecule has 0 saturated heterocycles. The lowest BCUT2D eigenvalue weighted by molar-refractivity contribution is 0.113. The number of aliphatic hydroxyl groups excluding tert-OH is 2. The van der Waals surface area contributed by atoms with Crippen LogP contribution in [0.4, 0.5) is 5.82 Å². The van der Waals surface area contributed by atoms with E-state index in [4.69, 9.17) is 10.2 Å². The molecule has 0 spiro atoms. The Kier molecular flexibility index (Phi) is 5.38. The second-order valence-electron chi connectivity index (χ2n) is 2.99. The van der Waals surface area contributed by atoms with E-state index >= 15 is 0 Å². The quantitative estimate of drug-likeness (QED) is 0.642. The van der Waals surface area contributed by atoms with Crippen LogP contribution < -0.4 is 5.32 Å². The van der Waals surface area contributed by atoms with Crippen molar-refractivity contribution in [3.63, 3.8) is 0 Å². The molecule has 0 bridgehead atoms. The highest BCUT2D eigenvalue weighted by atomic mass is 32.2. The maximum Gasteiger partial charge on any atom is 0.144 e. The molecule has 0 saturated carbocycles. The summed E-state index contributed by atoms with van der Waals surface area (Å²) < 4.78 is 0. The van der Waals surface area contributed by atoms with Crippen molar-refractivity contribution in [2.24, 2.45) is 0 Å². The third kappa shape index (κ3) is 4.46. The number of nitrogens with zero attached hydrogens (tertiary/aromatic N) is 2. The fourth-order valence-corrected chi connectivity index (χ4v) is 1.76. The minimum atomic E-state index is -0.653. The lowest BCUT2D eigenvalue weighted by atomic mass is 10.4. The van der Waals surface area contributed by atoms with E-state index in [1.165, 1.54) is 11.8 Å². The van der Waals surface area contributed by atoms with Gasteiger partial charge < -0.3 is 15.5 Å². The van der Waals surface area contributed by atoms with Crippen molar-refractivity contribution in [3.8, 4) is 0 Å². The molecule has 0 aromatic carbocycles. The van der Waals surface area contributed by atoms with Crippen LogP contribution in [0.1, 0.15) is 5.69 Å². The number of thioether (sulfide) groups is 1. The van der Waals surface area contributed by atoms with Gasteiger partial charge in [0.25, 0.3) is 0 Å². The highest BCUT2D eigenvalue weighted by Gasteiger charge is 2.02. The molecule has 3 N–H and O–H groups in total. The molecule has 6 heteroatoms. The molecule has 0 radical (unpaired) electrons. The molecular weight excluding hydrogens is 214 g/mol. The Morgan fingerprint density at radius 2 is 2.27 bits per heavy atom. The molecule has 1 heterocycles. The largest absolute Gasteiger partial charge is 0.394 e. The van der Waals surface area contributed by atoms with Gasteiger partial charge in [0.2, 0.25) is 0 Å². The Bertz CT molecular complexity index is 281. The van der Waals surface area contributed by atoms with Gasteiger partial charge in [-0.1, -0.05) is 0 Å². The van der Waals surface area contributed by atoms with E-state index in [9.17, 15) is 0 Å². The Balaban J connectivity index is 2.31. The molecular formula is C9H15N3O2S. The van der Waals surface area contributed by atoms with Crippen molar-refractivity contribution in [1.82, 2.24) is 9.97 Å². The van der Waals surface area contributed by atoms with E-state index in [2.05, 4.69) is 15.3 Å². The average molecular weight is 229 g/mol. The molecule has 0 aliphatic heterocycles. The van der Waals surface area contributed by atoms with Crippen molar-refractivity contribution in [2.75, 3.05) is 24.7 Å². The molecule has 0 aliphatic carbocycles. The van der Waals surface area contributed by atoms with E-state index in [1.54, 1.807) is 19.4 Å². The molecule has 1 unspecified atom stereocenters. The van der Waals surface area contributed by atoms with Gasteiger partial charge in [-0.2, -0.15) is 11.8 Å². The number of aliphatic hydroxyl groups is 2. The summed E-state index contributed by atoms with van der Waals surface area (Å²) in [6.45, 7) is -0.197. The second kappa shape index (κ2) is 6.60. The molecule has 0 aliphatic rings.